The predicted octanol–water partition coefficient (Wildman–Crippen LogP) is 2.17. The van der Waals surface area contributed by atoms with Crippen LogP contribution in [0.2, 0.25) is 0 Å². The summed E-state index contributed by atoms with van der Waals surface area (Å²) >= 11 is 0. The number of aliphatic imine (C=N–C) groups is 1. The van der Waals surface area contributed by atoms with Crippen molar-refractivity contribution < 1.29 is 14.2 Å². The van der Waals surface area contributed by atoms with Gasteiger partial charge in [-0.25, -0.2) is 4.39 Å². The minimum atomic E-state index is -0.307. The molecule has 0 spiro atoms. The fourth-order valence-corrected chi connectivity index (χ4v) is 1.86. The maximum atomic E-state index is 13.2. The van der Waals surface area contributed by atoms with E-state index in [-0.39, 0.29) is 24.4 Å². The fraction of sp³-hybridized carbons (Fsp3) is 0.588. The van der Waals surface area contributed by atoms with Crippen molar-refractivity contribution in [1.29, 1.82) is 0 Å². The van der Waals surface area contributed by atoms with Gasteiger partial charge in [0.2, 0.25) is 0 Å². The maximum absolute atomic E-state index is 13.2. The molecule has 1 rings (SSSR count). The van der Waals surface area contributed by atoms with Gasteiger partial charge >= 0.3 is 0 Å². The molecular weight excluding hydrogens is 297 g/mol. The SMILES string of the molecule is CCNC(=NCC(C)CO)NCC(CC)Oc1cccc(F)c1. The Morgan fingerprint density at radius 3 is 2.74 bits per heavy atom. The fourth-order valence-electron chi connectivity index (χ4n) is 1.86. The number of guanidine groups is 1. The van der Waals surface area contributed by atoms with Crippen molar-refractivity contribution in [3.05, 3.63) is 30.1 Å². The number of nitrogens with zero attached hydrogens (tertiary/aromatic N) is 1. The number of aliphatic hydroxyl groups is 1. The first-order chi connectivity index (χ1) is 11.1. The van der Waals surface area contributed by atoms with Crippen molar-refractivity contribution in [3.8, 4) is 5.75 Å². The third-order valence-corrected chi connectivity index (χ3v) is 3.27. The molecule has 2 unspecified atom stereocenters. The van der Waals surface area contributed by atoms with Gasteiger partial charge in [-0.1, -0.05) is 19.9 Å². The summed E-state index contributed by atoms with van der Waals surface area (Å²) in [4.78, 5) is 4.43. The van der Waals surface area contributed by atoms with Gasteiger partial charge in [-0.15, -0.1) is 0 Å². The van der Waals surface area contributed by atoms with Crippen LogP contribution in [0.25, 0.3) is 0 Å². The van der Waals surface area contributed by atoms with Crippen molar-refractivity contribution in [3.63, 3.8) is 0 Å². The van der Waals surface area contributed by atoms with E-state index in [0.29, 0.717) is 24.8 Å². The number of hydrogen-bond acceptors (Lipinski definition) is 3. The van der Waals surface area contributed by atoms with E-state index in [0.717, 1.165) is 13.0 Å². The summed E-state index contributed by atoms with van der Waals surface area (Å²) in [6.45, 7) is 7.93. The van der Waals surface area contributed by atoms with Crippen molar-refractivity contribution in [2.75, 3.05) is 26.2 Å². The Hall–Kier alpha value is -1.82. The first kappa shape index (κ1) is 19.2. The lowest BCUT2D eigenvalue weighted by Gasteiger charge is -2.20. The highest BCUT2D eigenvalue weighted by Crippen LogP contribution is 2.14. The summed E-state index contributed by atoms with van der Waals surface area (Å²) in [5.74, 6) is 1.03. The van der Waals surface area contributed by atoms with Crippen LogP contribution in [0.3, 0.4) is 0 Å². The number of halogens is 1. The van der Waals surface area contributed by atoms with Crippen molar-refractivity contribution >= 4 is 5.96 Å². The van der Waals surface area contributed by atoms with Gasteiger partial charge in [-0.3, -0.25) is 4.99 Å². The zero-order valence-corrected chi connectivity index (χ0v) is 14.2. The molecule has 6 heteroatoms. The highest BCUT2D eigenvalue weighted by molar-refractivity contribution is 5.79. The molecule has 0 saturated carbocycles. The van der Waals surface area contributed by atoms with Gasteiger partial charge in [-0.2, -0.15) is 0 Å². The number of ether oxygens (including phenoxy) is 1. The lowest BCUT2D eigenvalue weighted by atomic mass is 10.2. The van der Waals surface area contributed by atoms with Crippen molar-refractivity contribution in [2.24, 2.45) is 10.9 Å². The van der Waals surface area contributed by atoms with Gasteiger partial charge in [0.1, 0.15) is 17.7 Å². The summed E-state index contributed by atoms with van der Waals surface area (Å²) < 4.78 is 19.0. The van der Waals surface area contributed by atoms with Crippen LogP contribution < -0.4 is 15.4 Å². The molecule has 0 aliphatic heterocycles. The number of benzene rings is 1. The molecule has 3 N–H and O–H groups in total. The van der Waals surface area contributed by atoms with Crippen LogP contribution >= 0.6 is 0 Å². The smallest absolute Gasteiger partial charge is 0.191 e. The van der Waals surface area contributed by atoms with E-state index >= 15 is 0 Å². The zero-order chi connectivity index (χ0) is 17.1. The molecule has 23 heavy (non-hydrogen) atoms. The zero-order valence-electron chi connectivity index (χ0n) is 14.2. The van der Waals surface area contributed by atoms with Crippen LogP contribution in [0.5, 0.6) is 5.75 Å². The van der Waals surface area contributed by atoms with Gasteiger partial charge in [0.15, 0.2) is 5.96 Å². The molecule has 0 saturated heterocycles. The number of aliphatic hydroxyl groups excluding tert-OH is 1. The third-order valence-electron chi connectivity index (χ3n) is 3.27. The predicted molar refractivity (Wildman–Crippen MR) is 91.3 cm³/mol. The molecule has 0 aliphatic carbocycles. The van der Waals surface area contributed by atoms with E-state index < -0.39 is 0 Å². The molecule has 0 aliphatic rings. The lowest BCUT2D eigenvalue weighted by molar-refractivity contribution is 0.198. The minimum absolute atomic E-state index is 0.0871. The molecule has 130 valence electrons. The van der Waals surface area contributed by atoms with Gasteiger partial charge < -0.3 is 20.5 Å². The molecule has 0 aromatic heterocycles. The van der Waals surface area contributed by atoms with Crippen LogP contribution in [0.15, 0.2) is 29.3 Å². The second-order valence-electron chi connectivity index (χ2n) is 5.49. The molecule has 0 heterocycles. The first-order valence-electron chi connectivity index (χ1n) is 8.14. The molecule has 0 amide bonds. The summed E-state index contributed by atoms with van der Waals surface area (Å²) in [6.07, 6.45) is 0.701. The molecule has 0 fully saturated rings. The second kappa shape index (κ2) is 10.8. The Labute approximate surface area is 138 Å². The highest BCUT2D eigenvalue weighted by atomic mass is 19.1. The topological polar surface area (TPSA) is 65.9 Å². The number of hydrogen-bond donors (Lipinski definition) is 3. The third kappa shape index (κ3) is 7.83. The average molecular weight is 325 g/mol. The van der Waals surface area contributed by atoms with Crippen LogP contribution in [0.1, 0.15) is 27.2 Å². The molecule has 1 aromatic carbocycles. The van der Waals surface area contributed by atoms with Crippen molar-refractivity contribution in [1.82, 2.24) is 10.6 Å². The summed E-state index contributed by atoms with van der Waals surface area (Å²) in [7, 11) is 0. The molecule has 0 bridgehead atoms. The monoisotopic (exact) mass is 325 g/mol. The molecule has 5 nitrogen and oxygen atoms in total. The maximum Gasteiger partial charge on any atom is 0.191 e. The van der Waals surface area contributed by atoms with Crippen LogP contribution in [0, 0.1) is 11.7 Å². The molecule has 1 aromatic rings. The van der Waals surface area contributed by atoms with Crippen LogP contribution in [-0.2, 0) is 0 Å². The van der Waals surface area contributed by atoms with Gasteiger partial charge in [-0.05, 0) is 31.4 Å². The van der Waals surface area contributed by atoms with Crippen LogP contribution in [-0.4, -0.2) is 43.4 Å². The molecular formula is C17H28FN3O2. The van der Waals surface area contributed by atoms with E-state index in [1.54, 1.807) is 12.1 Å². The normalized spacial score (nSPS) is 14.2. The second-order valence-corrected chi connectivity index (χ2v) is 5.49. The lowest BCUT2D eigenvalue weighted by Crippen LogP contribution is -2.42. The Morgan fingerprint density at radius 2 is 2.13 bits per heavy atom. The van der Waals surface area contributed by atoms with Crippen LogP contribution in [0.4, 0.5) is 4.39 Å². The summed E-state index contributed by atoms with van der Waals surface area (Å²) in [5, 5.41) is 15.4. The number of rotatable bonds is 9. The first-order valence-corrected chi connectivity index (χ1v) is 8.14. The van der Waals surface area contributed by atoms with E-state index in [2.05, 4.69) is 15.6 Å². The highest BCUT2D eigenvalue weighted by Gasteiger charge is 2.10. The van der Waals surface area contributed by atoms with E-state index in [9.17, 15) is 4.39 Å². The largest absolute Gasteiger partial charge is 0.489 e. The average Bonchev–Trinajstić information content (AvgIpc) is 2.55. The standard InChI is InChI=1S/C17H28FN3O2/c1-4-15(23-16-8-6-7-14(18)9-16)11-21-17(19-5-2)20-10-13(3)12-22/h6-9,13,15,22H,4-5,10-12H2,1-3H3,(H2,19,20,21). The number of nitrogens with one attached hydrogen (secondary N) is 2. The van der Waals surface area contributed by atoms with Gasteiger partial charge in [0, 0.05) is 25.8 Å². The molecule has 2 atom stereocenters. The summed E-state index contributed by atoms with van der Waals surface area (Å²) in [6, 6.07) is 6.15. The van der Waals surface area contributed by atoms with E-state index in [1.165, 1.54) is 12.1 Å². The van der Waals surface area contributed by atoms with Crippen molar-refractivity contribution in [2.45, 2.75) is 33.3 Å². The Balaban J connectivity index is 2.55. The Bertz CT molecular complexity index is 483. The van der Waals surface area contributed by atoms with Gasteiger partial charge in [0.25, 0.3) is 0 Å². The quantitative estimate of drug-likeness (QED) is 0.481. The Kier molecular flexibility index (Phi) is 9.05. The van der Waals surface area contributed by atoms with E-state index in [1.807, 2.05) is 20.8 Å². The van der Waals surface area contributed by atoms with Gasteiger partial charge in [0.05, 0.1) is 6.54 Å². The van der Waals surface area contributed by atoms with E-state index in [4.69, 9.17) is 9.84 Å². The molecule has 0 radical (unpaired) electrons. The Morgan fingerprint density at radius 1 is 1.35 bits per heavy atom. The summed E-state index contributed by atoms with van der Waals surface area (Å²) in [5.41, 5.74) is 0. The minimum Gasteiger partial charge on any atom is -0.489 e.